The summed E-state index contributed by atoms with van der Waals surface area (Å²) < 4.78 is 1.24. The summed E-state index contributed by atoms with van der Waals surface area (Å²) in [6.07, 6.45) is 3.01. The van der Waals surface area contributed by atoms with Gasteiger partial charge in [-0.05, 0) is 31.4 Å². The van der Waals surface area contributed by atoms with E-state index in [0.717, 1.165) is 31.4 Å². The summed E-state index contributed by atoms with van der Waals surface area (Å²) in [7, 11) is 0. The Bertz CT molecular complexity index is 585. The molecular weight excluding hydrogens is 284 g/mol. The Balaban J connectivity index is 1.61. The Morgan fingerprint density at radius 2 is 2.10 bits per heavy atom. The van der Waals surface area contributed by atoms with E-state index in [1.165, 1.54) is 9.71 Å². The van der Waals surface area contributed by atoms with E-state index in [-0.39, 0.29) is 12.5 Å². The van der Waals surface area contributed by atoms with Crippen LogP contribution < -0.4 is 0 Å². The number of likely N-dealkylation sites (tertiary alicyclic amines) is 1. The minimum absolute atomic E-state index is 0.0912. The number of carbonyl (C=O) groups excluding carboxylic acids is 1. The number of benzene rings is 1. The molecule has 21 heavy (non-hydrogen) atoms. The van der Waals surface area contributed by atoms with Gasteiger partial charge in [-0.3, -0.25) is 4.79 Å². The number of rotatable bonds is 4. The van der Waals surface area contributed by atoms with Crippen molar-refractivity contribution in [3.8, 4) is 0 Å². The van der Waals surface area contributed by atoms with Gasteiger partial charge in [0.05, 0.1) is 15.2 Å². The second-order valence-electron chi connectivity index (χ2n) is 5.50. The van der Waals surface area contributed by atoms with Crippen LogP contribution in [0, 0.1) is 0 Å². The van der Waals surface area contributed by atoms with Gasteiger partial charge >= 0.3 is 0 Å². The lowest BCUT2D eigenvalue weighted by molar-refractivity contribution is -0.132. The smallest absolute Gasteiger partial charge is 0.222 e. The van der Waals surface area contributed by atoms with Gasteiger partial charge in [0.2, 0.25) is 5.91 Å². The van der Waals surface area contributed by atoms with Crippen LogP contribution in [-0.2, 0) is 4.79 Å². The molecule has 112 valence electrons. The largest absolute Gasteiger partial charge is 0.396 e. The minimum Gasteiger partial charge on any atom is -0.396 e. The molecule has 0 spiro atoms. The lowest BCUT2D eigenvalue weighted by Crippen LogP contribution is -2.37. The first-order valence-electron chi connectivity index (χ1n) is 7.52. The predicted molar refractivity (Wildman–Crippen MR) is 84.5 cm³/mol. The number of aliphatic hydroxyl groups is 1. The summed E-state index contributed by atoms with van der Waals surface area (Å²) in [6.45, 7) is 1.71. The fourth-order valence-corrected chi connectivity index (χ4v) is 3.97. The SMILES string of the molecule is O=C(CCCO)N1CCC(c2nc3ccccc3s2)CC1. The molecule has 0 unspecified atom stereocenters. The summed E-state index contributed by atoms with van der Waals surface area (Å²) >= 11 is 1.78. The highest BCUT2D eigenvalue weighted by Gasteiger charge is 2.25. The van der Waals surface area contributed by atoms with Crippen LogP contribution >= 0.6 is 11.3 Å². The van der Waals surface area contributed by atoms with Crippen molar-refractivity contribution in [2.75, 3.05) is 19.7 Å². The number of aliphatic hydroxyl groups excluding tert-OH is 1. The van der Waals surface area contributed by atoms with Crippen molar-refractivity contribution in [3.63, 3.8) is 0 Å². The zero-order chi connectivity index (χ0) is 14.7. The van der Waals surface area contributed by atoms with Gasteiger partial charge in [0, 0.05) is 32.0 Å². The van der Waals surface area contributed by atoms with Crippen LogP contribution in [0.3, 0.4) is 0 Å². The molecular formula is C16H20N2O2S. The number of nitrogens with zero attached hydrogens (tertiary/aromatic N) is 2. The molecule has 1 aromatic carbocycles. The molecule has 2 aromatic rings. The molecule has 1 aliphatic heterocycles. The maximum absolute atomic E-state index is 11.9. The molecule has 5 heteroatoms. The van der Waals surface area contributed by atoms with Gasteiger partial charge < -0.3 is 10.0 Å². The first kappa shape index (κ1) is 14.5. The quantitative estimate of drug-likeness (QED) is 0.945. The number of fused-ring (bicyclic) bond motifs is 1. The molecule has 1 aromatic heterocycles. The van der Waals surface area contributed by atoms with E-state index in [0.29, 0.717) is 18.8 Å². The maximum Gasteiger partial charge on any atom is 0.222 e. The lowest BCUT2D eigenvalue weighted by Gasteiger charge is -2.31. The van der Waals surface area contributed by atoms with E-state index in [1.54, 1.807) is 11.3 Å². The van der Waals surface area contributed by atoms with Gasteiger partial charge in [-0.1, -0.05) is 12.1 Å². The summed E-state index contributed by atoms with van der Waals surface area (Å²) in [5.41, 5.74) is 1.08. The van der Waals surface area contributed by atoms with Gasteiger partial charge in [0.1, 0.15) is 0 Å². The topological polar surface area (TPSA) is 53.4 Å². The first-order chi connectivity index (χ1) is 10.3. The fraction of sp³-hybridized carbons (Fsp3) is 0.500. The van der Waals surface area contributed by atoms with Crippen LogP contribution in [0.25, 0.3) is 10.2 Å². The van der Waals surface area contributed by atoms with Gasteiger partial charge in [0.15, 0.2) is 0 Å². The molecule has 1 aliphatic rings. The van der Waals surface area contributed by atoms with Crippen LogP contribution in [0.2, 0.25) is 0 Å². The van der Waals surface area contributed by atoms with Crippen molar-refractivity contribution >= 4 is 27.5 Å². The Hall–Kier alpha value is -1.46. The molecule has 0 radical (unpaired) electrons. The standard InChI is InChI=1S/C16H20N2O2S/c19-11-3-6-15(20)18-9-7-12(8-10-18)16-17-13-4-1-2-5-14(13)21-16/h1-2,4-5,12,19H,3,6-11H2. The van der Waals surface area contributed by atoms with E-state index in [9.17, 15) is 4.79 Å². The number of carbonyl (C=O) groups is 1. The van der Waals surface area contributed by atoms with Crippen molar-refractivity contribution < 1.29 is 9.90 Å². The van der Waals surface area contributed by atoms with E-state index >= 15 is 0 Å². The van der Waals surface area contributed by atoms with Gasteiger partial charge in [0.25, 0.3) is 0 Å². The van der Waals surface area contributed by atoms with Crippen molar-refractivity contribution in [3.05, 3.63) is 29.3 Å². The predicted octanol–water partition coefficient (Wildman–Crippen LogP) is 2.77. The molecule has 0 bridgehead atoms. The van der Waals surface area contributed by atoms with E-state index in [2.05, 4.69) is 12.1 Å². The van der Waals surface area contributed by atoms with Gasteiger partial charge in [-0.2, -0.15) is 0 Å². The van der Waals surface area contributed by atoms with Crippen molar-refractivity contribution in [2.24, 2.45) is 0 Å². The highest BCUT2D eigenvalue weighted by atomic mass is 32.1. The molecule has 1 N–H and O–H groups in total. The van der Waals surface area contributed by atoms with Gasteiger partial charge in [-0.15, -0.1) is 11.3 Å². The maximum atomic E-state index is 11.9. The van der Waals surface area contributed by atoms with Crippen LogP contribution in [0.15, 0.2) is 24.3 Å². The van der Waals surface area contributed by atoms with Crippen molar-refractivity contribution in [1.82, 2.24) is 9.88 Å². The molecule has 0 saturated carbocycles. The number of hydrogen-bond acceptors (Lipinski definition) is 4. The number of amides is 1. The zero-order valence-corrected chi connectivity index (χ0v) is 12.8. The third-order valence-corrected chi connectivity index (χ3v) is 5.25. The van der Waals surface area contributed by atoms with E-state index in [4.69, 9.17) is 10.1 Å². The van der Waals surface area contributed by atoms with Crippen LogP contribution in [0.5, 0.6) is 0 Å². The zero-order valence-electron chi connectivity index (χ0n) is 12.0. The Kier molecular flexibility index (Phi) is 4.51. The van der Waals surface area contributed by atoms with Gasteiger partial charge in [-0.25, -0.2) is 4.98 Å². The molecule has 2 heterocycles. The van der Waals surface area contributed by atoms with Crippen LogP contribution in [0.1, 0.15) is 36.6 Å². The Morgan fingerprint density at radius 3 is 2.81 bits per heavy atom. The number of piperidine rings is 1. The Labute approximate surface area is 128 Å². The highest BCUT2D eigenvalue weighted by Crippen LogP contribution is 2.33. The third kappa shape index (κ3) is 3.24. The number of aromatic nitrogens is 1. The monoisotopic (exact) mass is 304 g/mol. The average Bonchev–Trinajstić information content (AvgIpc) is 2.96. The summed E-state index contributed by atoms with van der Waals surface area (Å²) in [4.78, 5) is 18.6. The molecule has 4 nitrogen and oxygen atoms in total. The Morgan fingerprint density at radius 1 is 1.33 bits per heavy atom. The van der Waals surface area contributed by atoms with Crippen LogP contribution in [-0.4, -0.2) is 40.6 Å². The normalized spacial score (nSPS) is 16.5. The average molecular weight is 304 g/mol. The molecule has 1 fully saturated rings. The highest BCUT2D eigenvalue weighted by molar-refractivity contribution is 7.18. The molecule has 3 rings (SSSR count). The number of para-hydroxylation sites is 1. The molecule has 0 atom stereocenters. The van der Waals surface area contributed by atoms with E-state index in [1.807, 2.05) is 17.0 Å². The summed E-state index contributed by atoms with van der Waals surface area (Å²) in [5, 5.41) is 10.0. The number of thiazole rings is 1. The lowest BCUT2D eigenvalue weighted by atomic mass is 9.97. The second-order valence-corrected chi connectivity index (χ2v) is 6.56. The third-order valence-electron chi connectivity index (χ3n) is 4.06. The fourth-order valence-electron chi connectivity index (χ4n) is 2.83. The second kappa shape index (κ2) is 6.54. The summed E-state index contributed by atoms with van der Waals surface area (Å²) in [6, 6.07) is 8.24. The minimum atomic E-state index is 0.0912. The molecule has 0 aliphatic carbocycles. The van der Waals surface area contributed by atoms with Crippen molar-refractivity contribution in [1.29, 1.82) is 0 Å². The van der Waals surface area contributed by atoms with Crippen LogP contribution in [0.4, 0.5) is 0 Å². The molecule has 1 saturated heterocycles. The number of hydrogen-bond donors (Lipinski definition) is 1. The van der Waals surface area contributed by atoms with E-state index < -0.39 is 0 Å². The molecule has 1 amide bonds. The first-order valence-corrected chi connectivity index (χ1v) is 8.33. The summed E-state index contributed by atoms with van der Waals surface area (Å²) in [5.74, 6) is 0.649. The van der Waals surface area contributed by atoms with Crippen molar-refractivity contribution in [2.45, 2.75) is 31.6 Å².